The SMILES string of the molecule is O=C(CSc1ccc(NC(=O)c2ccccc2F)nn1)Nc1cc(Cl)cc(Cl)c1. The van der Waals surface area contributed by atoms with Crippen molar-refractivity contribution in [3.8, 4) is 0 Å². The van der Waals surface area contributed by atoms with E-state index in [0.29, 0.717) is 20.8 Å². The zero-order valence-corrected chi connectivity index (χ0v) is 17.0. The quantitative estimate of drug-likeness (QED) is 0.521. The second-order valence-electron chi connectivity index (χ2n) is 5.69. The molecule has 2 amide bonds. The van der Waals surface area contributed by atoms with Crippen molar-refractivity contribution < 1.29 is 14.0 Å². The standard InChI is InChI=1S/C19H13Cl2FN4O2S/c20-11-7-12(21)9-13(8-11)23-17(27)10-29-18-6-5-16(25-26-18)24-19(28)14-3-1-2-4-15(14)22/h1-9H,10H2,(H,23,27)(H,24,25,28). The average Bonchev–Trinajstić information content (AvgIpc) is 2.67. The van der Waals surface area contributed by atoms with Gasteiger partial charge in [-0.2, -0.15) is 0 Å². The van der Waals surface area contributed by atoms with E-state index in [-0.39, 0.29) is 23.0 Å². The lowest BCUT2D eigenvalue weighted by molar-refractivity contribution is -0.113. The van der Waals surface area contributed by atoms with Crippen LogP contribution < -0.4 is 10.6 Å². The van der Waals surface area contributed by atoms with E-state index in [1.807, 2.05) is 0 Å². The Kier molecular flexibility index (Phi) is 7.03. The molecule has 0 spiro atoms. The van der Waals surface area contributed by atoms with E-state index in [4.69, 9.17) is 23.2 Å². The van der Waals surface area contributed by atoms with Gasteiger partial charge in [-0.1, -0.05) is 47.1 Å². The molecule has 3 aromatic rings. The highest BCUT2D eigenvalue weighted by Crippen LogP contribution is 2.23. The molecule has 0 saturated carbocycles. The highest BCUT2D eigenvalue weighted by atomic mass is 35.5. The Morgan fingerprint density at radius 2 is 1.69 bits per heavy atom. The third kappa shape index (κ3) is 6.15. The van der Waals surface area contributed by atoms with Gasteiger partial charge in [0.25, 0.3) is 5.91 Å². The number of nitrogens with zero attached hydrogens (tertiary/aromatic N) is 2. The summed E-state index contributed by atoms with van der Waals surface area (Å²) in [7, 11) is 0. The van der Waals surface area contributed by atoms with Crippen LogP contribution in [0.15, 0.2) is 59.6 Å². The van der Waals surface area contributed by atoms with Crippen molar-refractivity contribution in [1.29, 1.82) is 0 Å². The Morgan fingerprint density at radius 3 is 2.34 bits per heavy atom. The summed E-state index contributed by atoms with van der Waals surface area (Å²) in [4.78, 5) is 24.1. The number of thioether (sulfide) groups is 1. The lowest BCUT2D eigenvalue weighted by atomic mass is 10.2. The fourth-order valence-corrected chi connectivity index (χ4v) is 3.40. The van der Waals surface area contributed by atoms with Crippen molar-refractivity contribution in [3.05, 3.63) is 76.0 Å². The Morgan fingerprint density at radius 1 is 0.966 bits per heavy atom. The molecule has 0 radical (unpaired) electrons. The molecule has 0 aliphatic carbocycles. The van der Waals surface area contributed by atoms with E-state index in [0.717, 1.165) is 11.8 Å². The number of hydrogen-bond acceptors (Lipinski definition) is 5. The van der Waals surface area contributed by atoms with Crippen LogP contribution in [0.3, 0.4) is 0 Å². The monoisotopic (exact) mass is 450 g/mol. The maximum atomic E-state index is 13.6. The Labute approximate surface area is 179 Å². The molecular formula is C19H13Cl2FN4O2S. The van der Waals surface area contributed by atoms with Gasteiger partial charge in [-0.15, -0.1) is 10.2 Å². The zero-order chi connectivity index (χ0) is 20.8. The van der Waals surface area contributed by atoms with Crippen molar-refractivity contribution in [2.24, 2.45) is 0 Å². The van der Waals surface area contributed by atoms with Crippen LogP contribution in [0, 0.1) is 5.82 Å². The van der Waals surface area contributed by atoms with Crippen molar-refractivity contribution in [1.82, 2.24) is 10.2 Å². The highest BCUT2D eigenvalue weighted by molar-refractivity contribution is 7.99. The van der Waals surface area contributed by atoms with Gasteiger partial charge in [0.05, 0.1) is 11.3 Å². The van der Waals surface area contributed by atoms with Crippen LogP contribution in [0.2, 0.25) is 10.0 Å². The van der Waals surface area contributed by atoms with Crippen molar-refractivity contribution in [2.75, 3.05) is 16.4 Å². The van der Waals surface area contributed by atoms with E-state index in [1.54, 1.807) is 30.3 Å². The summed E-state index contributed by atoms with van der Waals surface area (Å²) in [5.41, 5.74) is 0.399. The zero-order valence-electron chi connectivity index (χ0n) is 14.7. The van der Waals surface area contributed by atoms with Crippen LogP contribution in [0.4, 0.5) is 15.9 Å². The maximum Gasteiger partial charge on any atom is 0.259 e. The summed E-state index contributed by atoms with van der Waals surface area (Å²) in [6.07, 6.45) is 0. The summed E-state index contributed by atoms with van der Waals surface area (Å²) >= 11 is 12.9. The van der Waals surface area contributed by atoms with Crippen LogP contribution in [0.25, 0.3) is 0 Å². The molecule has 3 rings (SSSR count). The number of hydrogen-bond donors (Lipinski definition) is 2. The fraction of sp³-hybridized carbons (Fsp3) is 0.0526. The van der Waals surface area contributed by atoms with Gasteiger partial charge in [0.2, 0.25) is 5.91 Å². The maximum absolute atomic E-state index is 13.6. The minimum atomic E-state index is -0.628. The summed E-state index contributed by atoms with van der Waals surface area (Å²) in [6, 6.07) is 13.5. The molecule has 10 heteroatoms. The van der Waals surface area contributed by atoms with E-state index in [9.17, 15) is 14.0 Å². The number of nitrogens with one attached hydrogen (secondary N) is 2. The molecular weight excluding hydrogens is 438 g/mol. The number of halogens is 3. The van der Waals surface area contributed by atoms with Gasteiger partial charge < -0.3 is 10.6 Å². The predicted molar refractivity (Wildman–Crippen MR) is 112 cm³/mol. The lowest BCUT2D eigenvalue weighted by Gasteiger charge is -2.07. The molecule has 1 heterocycles. The van der Waals surface area contributed by atoms with E-state index < -0.39 is 11.7 Å². The lowest BCUT2D eigenvalue weighted by Crippen LogP contribution is -2.15. The fourth-order valence-electron chi connectivity index (χ4n) is 2.26. The average molecular weight is 451 g/mol. The van der Waals surface area contributed by atoms with Crippen LogP contribution in [0.5, 0.6) is 0 Å². The Balaban J connectivity index is 1.53. The number of carbonyl (C=O) groups excluding carboxylic acids is 2. The molecule has 0 atom stereocenters. The molecule has 6 nitrogen and oxygen atoms in total. The van der Waals surface area contributed by atoms with E-state index >= 15 is 0 Å². The Hall–Kier alpha value is -2.68. The van der Waals surface area contributed by atoms with Gasteiger partial charge >= 0.3 is 0 Å². The first kappa shape index (κ1) is 21.0. The highest BCUT2D eigenvalue weighted by Gasteiger charge is 2.12. The minimum absolute atomic E-state index is 0.0831. The molecule has 0 aliphatic rings. The summed E-state index contributed by atoms with van der Waals surface area (Å²) in [6.45, 7) is 0. The first-order valence-electron chi connectivity index (χ1n) is 8.19. The minimum Gasteiger partial charge on any atom is -0.325 e. The summed E-state index contributed by atoms with van der Waals surface area (Å²) < 4.78 is 13.6. The number of amides is 2. The largest absolute Gasteiger partial charge is 0.325 e. The Bertz CT molecular complexity index is 1030. The molecule has 0 fully saturated rings. The van der Waals surface area contributed by atoms with Crippen LogP contribution >= 0.6 is 35.0 Å². The summed E-state index contributed by atoms with van der Waals surface area (Å²) in [5.74, 6) is -1.28. The van der Waals surface area contributed by atoms with Crippen LogP contribution in [0.1, 0.15) is 10.4 Å². The molecule has 1 aromatic heterocycles. The van der Waals surface area contributed by atoms with Crippen molar-refractivity contribution in [2.45, 2.75) is 5.03 Å². The second kappa shape index (κ2) is 9.69. The van der Waals surface area contributed by atoms with Gasteiger partial charge in [0.15, 0.2) is 5.82 Å². The third-order valence-corrected chi connectivity index (χ3v) is 4.85. The van der Waals surface area contributed by atoms with E-state index in [1.165, 1.54) is 24.3 Å². The third-order valence-electron chi connectivity index (χ3n) is 3.50. The number of benzene rings is 2. The summed E-state index contributed by atoms with van der Waals surface area (Å²) in [5, 5.41) is 14.3. The van der Waals surface area contributed by atoms with Crippen LogP contribution in [-0.4, -0.2) is 27.8 Å². The van der Waals surface area contributed by atoms with Gasteiger partial charge in [-0.25, -0.2) is 4.39 Å². The van der Waals surface area contributed by atoms with Gasteiger partial charge in [-0.3, -0.25) is 9.59 Å². The molecule has 29 heavy (non-hydrogen) atoms. The number of aromatic nitrogens is 2. The predicted octanol–water partition coefficient (Wildman–Crippen LogP) is 4.91. The first-order chi connectivity index (χ1) is 13.9. The van der Waals surface area contributed by atoms with Crippen LogP contribution in [-0.2, 0) is 4.79 Å². The van der Waals surface area contributed by atoms with Gasteiger partial charge in [0.1, 0.15) is 10.8 Å². The first-order valence-corrected chi connectivity index (χ1v) is 9.93. The van der Waals surface area contributed by atoms with Gasteiger partial charge in [-0.05, 0) is 42.5 Å². The molecule has 148 valence electrons. The molecule has 0 aliphatic heterocycles. The second-order valence-corrected chi connectivity index (χ2v) is 7.55. The molecule has 2 aromatic carbocycles. The topological polar surface area (TPSA) is 84.0 Å². The van der Waals surface area contributed by atoms with Crippen molar-refractivity contribution >= 4 is 58.3 Å². The number of anilines is 2. The van der Waals surface area contributed by atoms with E-state index in [2.05, 4.69) is 20.8 Å². The van der Waals surface area contributed by atoms with Crippen molar-refractivity contribution in [3.63, 3.8) is 0 Å². The van der Waals surface area contributed by atoms with Gasteiger partial charge in [0, 0.05) is 15.7 Å². The smallest absolute Gasteiger partial charge is 0.259 e. The molecule has 2 N–H and O–H groups in total. The normalized spacial score (nSPS) is 10.4. The molecule has 0 bridgehead atoms. The molecule has 0 unspecified atom stereocenters. The number of rotatable bonds is 6. The number of carbonyl (C=O) groups is 2. The molecule has 0 saturated heterocycles.